The minimum Gasteiger partial charge on any atom is -0.390 e. The predicted octanol–water partition coefficient (Wildman–Crippen LogP) is 0.678. The summed E-state index contributed by atoms with van der Waals surface area (Å²) in [5, 5.41) is 10.3. The van der Waals surface area contributed by atoms with Crippen molar-refractivity contribution >= 4 is 5.82 Å². The van der Waals surface area contributed by atoms with E-state index < -0.39 is 6.10 Å². The topological polar surface area (TPSA) is 71.6 Å². The number of nitrogens with two attached hydrogens (primary N) is 1. The molecule has 1 saturated heterocycles. The fourth-order valence-corrected chi connectivity index (χ4v) is 2.48. The van der Waals surface area contributed by atoms with E-state index in [0.29, 0.717) is 18.8 Å². The Bertz CT molecular complexity index is 398. The molecule has 2 atom stereocenters. The number of aliphatic hydroxyl groups is 1. The van der Waals surface area contributed by atoms with E-state index in [1.807, 2.05) is 6.07 Å². The Morgan fingerprint density at radius 2 is 2.47 bits per heavy atom. The van der Waals surface area contributed by atoms with Crippen molar-refractivity contribution in [2.45, 2.75) is 32.0 Å². The van der Waals surface area contributed by atoms with Crippen molar-refractivity contribution in [3.05, 3.63) is 23.9 Å². The van der Waals surface area contributed by atoms with E-state index >= 15 is 0 Å². The number of aliphatic hydroxyl groups excluding tert-OH is 1. The van der Waals surface area contributed by atoms with Crippen molar-refractivity contribution in [2.24, 2.45) is 0 Å². The van der Waals surface area contributed by atoms with Crippen LogP contribution in [0.5, 0.6) is 0 Å². The Labute approximate surface area is 114 Å². The summed E-state index contributed by atoms with van der Waals surface area (Å²) in [5.74, 6) is 0.488. The highest BCUT2D eigenvalue weighted by atomic mass is 16.5. The van der Waals surface area contributed by atoms with Crippen molar-refractivity contribution in [3.63, 3.8) is 0 Å². The van der Waals surface area contributed by atoms with Crippen molar-refractivity contribution in [1.82, 2.24) is 9.88 Å². The molecule has 19 heavy (non-hydrogen) atoms. The van der Waals surface area contributed by atoms with Crippen LogP contribution in [0.1, 0.15) is 18.9 Å². The van der Waals surface area contributed by atoms with E-state index in [1.54, 1.807) is 12.3 Å². The molecule has 5 nitrogen and oxygen atoms in total. The average Bonchev–Trinajstić information content (AvgIpc) is 2.39. The number of rotatable bonds is 5. The molecule has 0 bridgehead atoms. The maximum absolute atomic E-state index is 10.3. The maximum Gasteiger partial charge on any atom is 0.123 e. The average molecular weight is 265 g/mol. The number of morpholine rings is 1. The van der Waals surface area contributed by atoms with E-state index in [9.17, 15) is 5.11 Å². The van der Waals surface area contributed by atoms with Gasteiger partial charge < -0.3 is 15.6 Å². The Balaban J connectivity index is 1.90. The highest BCUT2D eigenvalue weighted by Gasteiger charge is 2.26. The second-order valence-corrected chi connectivity index (χ2v) is 5.07. The van der Waals surface area contributed by atoms with Gasteiger partial charge >= 0.3 is 0 Å². The summed E-state index contributed by atoms with van der Waals surface area (Å²) >= 11 is 0. The van der Waals surface area contributed by atoms with E-state index in [-0.39, 0.29) is 6.10 Å². The Morgan fingerprint density at radius 3 is 3.21 bits per heavy atom. The molecule has 106 valence electrons. The van der Waals surface area contributed by atoms with E-state index in [2.05, 4.69) is 16.8 Å². The quantitative estimate of drug-likeness (QED) is 0.819. The normalized spacial score (nSPS) is 22.3. The molecule has 0 spiro atoms. The Kier molecular flexibility index (Phi) is 5.13. The molecule has 0 amide bonds. The molecular formula is C14H23N3O2. The molecule has 1 aromatic heterocycles. The molecule has 2 rings (SSSR count). The zero-order valence-corrected chi connectivity index (χ0v) is 11.5. The smallest absolute Gasteiger partial charge is 0.123 e. The number of ether oxygens (including phenoxy) is 1. The van der Waals surface area contributed by atoms with Crippen LogP contribution in [0.2, 0.25) is 0 Å². The van der Waals surface area contributed by atoms with Crippen molar-refractivity contribution < 1.29 is 9.84 Å². The third-order valence-electron chi connectivity index (χ3n) is 3.44. The van der Waals surface area contributed by atoms with Crippen LogP contribution >= 0.6 is 0 Å². The van der Waals surface area contributed by atoms with Crippen LogP contribution in [0.4, 0.5) is 5.82 Å². The van der Waals surface area contributed by atoms with Crippen LogP contribution in [0.3, 0.4) is 0 Å². The molecule has 2 unspecified atom stereocenters. The van der Waals surface area contributed by atoms with Gasteiger partial charge in [-0.05, 0) is 30.7 Å². The molecule has 0 saturated carbocycles. The zero-order valence-electron chi connectivity index (χ0n) is 11.5. The summed E-state index contributed by atoms with van der Waals surface area (Å²) < 4.78 is 5.68. The number of pyridine rings is 1. The molecule has 3 N–H and O–H groups in total. The van der Waals surface area contributed by atoms with Crippen LogP contribution < -0.4 is 5.73 Å². The van der Waals surface area contributed by atoms with Gasteiger partial charge in [-0.25, -0.2) is 4.98 Å². The molecular weight excluding hydrogens is 242 g/mol. The van der Waals surface area contributed by atoms with Crippen LogP contribution in [0.25, 0.3) is 0 Å². The fraction of sp³-hybridized carbons (Fsp3) is 0.643. The monoisotopic (exact) mass is 265 g/mol. The molecule has 0 aromatic carbocycles. The zero-order chi connectivity index (χ0) is 13.7. The molecule has 2 heterocycles. The van der Waals surface area contributed by atoms with Gasteiger partial charge in [-0.2, -0.15) is 0 Å². The van der Waals surface area contributed by atoms with Gasteiger partial charge in [-0.3, -0.25) is 4.90 Å². The number of anilines is 1. The second kappa shape index (κ2) is 6.84. The fourth-order valence-electron chi connectivity index (χ4n) is 2.48. The second-order valence-electron chi connectivity index (χ2n) is 5.07. The largest absolute Gasteiger partial charge is 0.390 e. The predicted molar refractivity (Wildman–Crippen MR) is 74.8 cm³/mol. The molecule has 1 aliphatic heterocycles. The first-order chi connectivity index (χ1) is 9.19. The van der Waals surface area contributed by atoms with Gasteiger partial charge in [-0.15, -0.1) is 0 Å². The summed E-state index contributed by atoms with van der Waals surface area (Å²) in [7, 11) is 0. The third-order valence-corrected chi connectivity index (χ3v) is 3.44. The van der Waals surface area contributed by atoms with Gasteiger partial charge in [0.25, 0.3) is 0 Å². The van der Waals surface area contributed by atoms with Crippen LogP contribution in [0.15, 0.2) is 18.3 Å². The summed E-state index contributed by atoms with van der Waals surface area (Å²) in [4.78, 5) is 6.30. The summed E-state index contributed by atoms with van der Waals surface area (Å²) in [5.41, 5.74) is 6.64. The summed E-state index contributed by atoms with van der Waals surface area (Å²) in [6.45, 7) is 5.68. The number of aromatic nitrogens is 1. The van der Waals surface area contributed by atoms with Crippen LogP contribution in [-0.4, -0.2) is 53.4 Å². The lowest BCUT2D eigenvalue weighted by atomic mass is 10.0. The van der Waals surface area contributed by atoms with Crippen LogP contribution in [0, 0.1) is 0 Å². The first-order valence-electron chi connectivity index (χ1n) is 6.91. The number of hydrogen-bond acceptors (Lipinski definition) is 5. The summed E-state index contributed by atoms with van der Waals surface area (Å²) in [6, 6.07) is 3.68. The van der Waals surface area contributed by atoms with Crippen LogP contribution in [-0.2, 0) is 11.2 Å². The third kappa shape index (κ3) is 4.16. The lowest BCUT2D eigenvalue weighted by molar-refractivity contribution is -0.0877. The summed E-state index contributed by atoms with van der Waals surface area (Å²) in [6.07, 6.45) is 2.74. The minimum absolute atomic E-state index is 0.116. The van der Waals surface area contributed by atoms with E-state index in [0.717, 1.165) is 31.6 Å². The van der Waals surface area contributed by atoms with Crippen molar-refractivity contribution in [2.75, 3.05) is 32.0 Å². The van der Waals surface area contributed by atoms with Gasteiger partial charge in [0.05, 0.1) is 18.8 Å². The van der Waals surface area contributed by atoms with Gasteiger partial charge in [0.1, 0.15) is 5.82 Å². The molecule has 0 aliphatic carbocycles. The highest BCUT2D eigenvalue weighted by Crippen LogP contribution is 2.14. The Hall–Kier alpha value is -1.17. The first kappa shape index (κ1) is 14.2. The number of hydrogen-bond donors (Lipinski definition) is 2. The molecule has 5 heteroatoms. The maximum atomic E-state index is 10.3. The van der Waals surface area contributed by atoms with Gasteiger partial charge in [0.15, 0.2) is 0 Å². The van der Waals surface area contributed by atoms with Gasteiger partial charge in [0.2, 0.25) is 0 Å². The highest BCUT2D eigenvalue weighted by molar-refractivity contribution is 5.32. The minimum atomic E-state index is -0.499. The van der Waals surface area contributed by atoms with E-state index in [1.165, 1.54) is 0 Å². The molecule has 0 radical (unpaired) electrons. The first-order valence-corrected chi connectivity index (χ1v) is 6.91. The molecule has 1 aromatic rings. The van der Waals surface area contributed by atoms with Crippen molar-refractivity contribution in [1.29, 1.82) is 0 Å². The van der Waals surface area contributed by atoms with Crippen molar-refractivity contribution in [3.8, 4) is 0 Å². The van der Waals surface area contributed by atoms with E-state index in [4.69, 9.17) is 10.5 Å². The standard InChI is InChI=1S/C14H23N3O2/c1-2-5-17-6-7-19-13(10-17)12(18)8-11-3-4-16-14(15)9-11/h3-4,9,12-13,18H,2,5-8,10H2,1H3,(H2,15,16). The van der Waals surface area contributed by atoms with Gasteiger partial charge in [-0.1, -0.05) is 6.92 Å². The Morgan fingerprint density at radius 1 is 1.63 bits per heavy atom. The SMILES string of the molecule is CCCN1CCOC(C(O)Cc2ccnc(N)c2)C1. The lowest BCUT2D eigenvalue weighted by Crippen LogP contribution is -2.48. The number of nitrogen functional groups attached to an aromatic ring is 1. The van der Waals surface area contributed by atoms with Gasteiger partial charge in [0, 0.05) is 25.7 Å². The molecule has 1 aliphatic rings. The lowest BCUT2D eigenvalue weighted by Gasteiger charge is -2.35. The molecule has 1 fully saturated rings. The number of nitrogens with zero attached hydrogens (tertiary/aromatic N) is 2.